The van der Waals surface area contributed by atoms with Gasteiger partial charge in [-0.1, -0.05) is 26.7 Å². The van der Waals surface area contributed by atoms with E-state index in [9.17, 15) is 0 Å². The number of aromatic nitrogens is 1. The standard InChI is InChI=1S/C13H22N.ClH/c1-3-5-6-7-10-14-11-8-13(4-2)9-12-14;/h8-9,11-12H,3-7,10H2,1-2H3;1H/q+1;/p-1. The van der Waals surface area contributed by atoms with Gasteiger partial charge in [0.1, 0.15) is 6.54 Å². The lowest BCUT2D eigenvalue weighted by molar-refractivity contribution is -0.697. The molecule has 0 amide bonds. The van der Waals surface area contributed by atoms with E-state index < -0.39 is 0 Å². The number of hydrogen-bond acceptors (Lipinski definition) is 0. The molecule has 1 aromatic rings. The van der Waals surface area contributed by atoms with Crippen molar-refractivity contribution < 1.29 is 17.0 Å². The van der Waals surface area contributed by atoms with Crippen molar-refractivity contribution >= 4 is 0 Å². The molecule has 0 unspecified atom stereocenters. The molecule has 1 rings (SSSR count). The van der Waals surface area contributed by atoms with Crippen molar-refractivity contribution in [3.05, 3.63) is 30.1 Å². The summed E-state index contributed by atoms with van der Waals surface area (Å²) in [5, 5.41) is 0. The van der Waals surface area contributed by atoms with Crippen molar-refractivity contribution in [1.82, 2.24) is 0 Å². The fourth-order valence-corrected chi connectivity index (χ4v) is 1.59. The molecule has 0 aliphatic heterocycles. The second-order valence-corrected chi connectivity index (χ2v) is 3.86. The molecule has 0 N–H and O–H groups in total. The van der Waals surface area contributed by atoms with Gasteiger partial charge in [-0.15, -0.1) is 0 Å². The molecular formula is C13H22ClN. The second kappa shape index (κ2) is 8.72. The Bertz CT molecular complexity index is 243. The molecule has 0 fully saturated rings. The Morgan fingerprint density at radius 1 is 1.00 bits per heavy atom. The number of rotatable bonds is 6. The van der Waals surface area contributed by atoms with Crippen LogP contribution in [0.25, 0.3) is 0 Å². The first-order chi connectivity index (χ1) is 6.86. The maximum Gasteiger partial charge on any atom is 0.169 e. The van der Waals surface area contributed by atoms with Gasteiger partial charge in [-0.25, -0.2) is 4.57 Å². The molecule has 0 atom stereocenters. The highest BCUT2D eigenvalue weighted by Crippen LogP contribution is 1.99. The van der Waals surface area contributed by atoms with Crippen LogP contribution in [0.3, 0.4) is 0 Å². The van der Waals surface area contributed by atoms with Crippen LogP contribution in [-0.2, 0) is 13.0 Å². The van der Waals surface area contributed by atoms with Gasteiger partial charge in [0, 0.05) is 18.6 Å². The van der Waals surface area contributed by atoms with Crippen LogP contribution in [0.5, 0.6) is 0 Å². The van der Waals surface area contributed by atoms with Crippen molar-refractivity contribution in [2.45, 2.75) is 52.5 Å². The van der Waals surface area contributed by atoms with Crippen LogP contribution in [0, 0.1) is 0 Å². The van der Waals surface area contributed by atoms with E-state index in [4.69, 9.17) is 0 Å². The summed E-state index contributed by atoms with van der Waals surface area (Å²) < 4.78 is 2.29. The van der Waals surface area contributed by atoms with Crippen molar-refractivity contribution in [2.75, 3.05) is 0 Å². The van der Waals surface area contributed by atoms with Gasteiger partial charge in [0.2, 0.25) is 0 Å². The average Bonchev–Trinajstić information content (AvgIpc) is 2.25. The van der Waals surface area contributed by atoms with E-state index in [1.54, 1.807) is 0 Å². The summed E-state index contributed by atoms with van der Waals surface area (Å²) in [6.07, 6.45) is 10.9. The average molecular weight is 228 g/mol. The molecule has 0 aliphatic carbocycles. The van der Waals surface area contributed by atoms with E-state index in [1.807, 2.05) is 0 Å². The zero-order valence-corrected chi connectivity index (χ0v) is 10.6. The third-order valence-corrected chi connectivity index (χ3v) is 2.64. The van der Waals surface area contributed by atoms with E-state index in [-0.39, 0.29) is 12.4 Å². The van der Waals surface area contributed by atoms with E-state index in [1.165, 1.54) is 37.8 Å². The van der Waals surface area contributed by atoms with Crippen LogP contribution in [0.15, 0.2) is 24.5 Å². The Hall–Kier alpha value is -0.560. The Labute approximate surface area is 99.9 Å². The van der Waals surface area contributed by atoms with Gasteiger partial charge in [0.25, 0.3) is 0 Å². The Morgan fingerprint density at radius 2 is 1.67 bits per heavy atom. The highest BCUT2D eigenvalue weighted by atomic mass is 35.5. The van der Waals surface area contributed by atoms with Crippen molar-refractivity contribution in [3.63, 3.8) is 0 Å². The molecular weight excluding hydrogens is 206 g/mol. The molecule has 1 nitrogen and oxygen atoms in total. The van der Waals surface area contributed by atoms with Crippen molar-refractivity contribution in [3.8, 4) is 0 Å². The number of unbranched alkanes of at least 4 members (excludes halogenated alkanes) is 3. The molecule has 15 heavy (non-hydrogen) atoms. The number of pyridine rings is 1. The van der Waals surface area contributed by atoms with Gasteiger partial charge in [-0.05, 0) is 18.4 Å². The van der Waals surface area contributed by atoms with Crippen LogP contribution in [0.1, 0.15) is 45.1 Å². The molecule has 2 heteroatoms. The summed E-state index contributed by atoms with van der Waals surface area (Å²) in [7, 11) is 0. The van der Waals surface area contributed by atoms with E-state index >= 15 is 0 Å². The lowest BCUT2D eigenvalue weighted by Crippen LogP contribution is -3.00. The zero-order valence-electron chi connectivity index (χ0n) is 9.88. The van der Waals surface area contributed by atoms with Crippen LogP contribution in [-0.4, -0.2) is 0 Å². The minimum absolute atomic E-state index is 0. The summed E-state index contributed by atoms with van der Waals surface area (Å²) in [6, 6.07) is 4.44. The first-order valence-electron chi connectivity index (χ1n) is 5.84. The normalized spacial score (nSPS) is 9.73. The van der Waals surface area contributed by atoms with Crippen LogP contribution in [0.2, 0.25) is 0 Å². The lowest BCUT2D eigenvalue weighted by Gasteiger charge is -1.98. The molecule has 86 valence electrons. The lowest BCUT2D eigenvalue weighted by atomic mass is 10.2. The van der Waals surface area contributed by atoms with Gasteiger partial charge in [-0.2, -0.15) is 0 Å². The predicted molar refractivity (Wildman–Crippen MR) is 60.2 cm³/mol. The fraction of sp³-hybridized carbons (Fsp3) is 0.615. The van der Waals surface area contributed by atoms with Crippen molar-refractivity contribution in [2.24, 2.45) is 0 Å². The molecule has 1 aromatic heterocycles. The number of hydrogen-bond donors (Lipinski definition) is 0. The first-order valence-corrected chi connectivity index (χ1v) is 5.84. The first kappa shape index (κ1) is 14.4. The number of halogens is 1. The molecule has 0 spiro atoms. The van der Waals surface area contributed by atoms with Crippen LogP contribution in [0.4, 0.5) is 0 Å². The summed E-state index contributed by atoms with van der Waals surface area (Å²) >= 11 is 0. The van der Waals surface area contributed by atoms with E-state index in [0.717, 1.165) is 6.42 Å². The van der Waals surface area contributed by atoms with Gasteiger partial charge < -0.3 is 12.4 Å². The maximum atomic E-state index is 2.29. The quantitative estimate of drug-likeness (QED) is 0.480. The molecule has 0 bridgehead atoms. The minimum Gasteiger partial charge on any atom is -1.00 e. The van der Waals surface area contributed by atoms with Gasteiger partial charge in [0.15, 0.2) is 12.4 Å². The highest BCUT2D eigenvalue weighted by Gasteiger charge is 1.99. The smallest absolute Gasteiger partial charge is 0.169 e. The topological polar surface area (TPSA) is 3.88 Å². The monoisotopic (exact) mass is 227 g/mol. The van der Waals surface area contributed by atoms with Gasteiger partial charge in [-0.3, -0.25) is 0 Å². The second-order valence-electron chi connectivity index (χ2n) is 3.86. The molecule has 0 aromatic carbocycles. The third kappa shape index (κ3) is 5.78. The summed E-state index contributed by atoms with van der Waals surface area (Å²) in [5.74, 6) is 0. The highest BCUT2D eigenvalue weighted by molar-refractivity contribution is 5.06. The maximum absolute atomic E-state index is 2.29. The summed E-state index contributed by atoms with van der Waals surface area (Å²) in [6.45, 7) is 5.62. The summed E-state index contributed by atoms with van der Waals surface area (Å²) in [5.41, 5.74) is 1.43. The number of nitrogens with zero attached hydrogens (tertiary/aromatic N) is 1. The SMILES string of the molecule is CCCCCC[n+]1ccc(CC)cc1.[Cl-]. The largest absolute Gasteiger partial charge is 1.00 e. The minimum atomic E-state index is 0. The van der Waals surface area contributed by atoms with Crippen LogP contribution >= 0.6 is 0 Å². The molecule has 0 saturated heterocycles. The molecule has 0 aliphatic rings. The molecule has 1 heterocycles. The Morgan fingerprint density at radius 3 is 2.20 bits per heavy atom. The third-order valence-electron chi connectivity index (χ3n) is 2.64. The zero-order chi connectivity index (χ0) is 10.2. The van der Waals surface area contributed by atoms with Crippen molar-refractivity contribution in [1.29, 1.82) is 0 Å². The Kier molecular flexibility index (Phi) is 8.40. The summed E-state index contributed by atoms with van der Waals surface area (Å²) in [4.78, 5) is 0. The number of aryl methyl sites for hydroxylation is 2. The van der Waals surface area contributed by atoms with Gasteiger partial charge >= 0.3 is 0 Å². The molecule has 0 radical (unpaired) electrons. The molecule has 0 saturated carbocycles. The van der Waals surface area contributed by atoms with E-state index in [0.29, 0.717) is 0 Å². The van der Waals surface area contributed by atoms with Crippen LogP contribution < -0.4 is 17.0 Å². The Balaban J connectivity index is 0.00000196. The fourth-order valence-electron chi connectivity index (χ4n) is 1.59. The van der Waals surface area contributed by atoms with E-state index in [2.05, 4.69) is 42.9 Å². The predicted octanol–water partition coefficient (Wildman–Crippen LogP) is 0.121. The van der Waals surface area contributed by atoms with Gasteiger partial charge in [0.05, 0.1) is 0 Å².